The minimum atomic E-state index is 0.353. The van der Waals surface area contributed by atoms with Crippen LogP contribution in [0.25, 0.3) is 22.1 Å². The molecule has 0 unspecified atom stereocenters. The first-order valence-electron chi connectivity index (χ1n) is 8.08. The standard InChI is InChI=1S/C18H16N6S/c19-11-13-14(20)10-16(18-22-5-8-25-18)23-17(13)15-9-12(3-4-21-15)24-6-1-2-7-24/h3-5,8-10H,1-2,6-7H2,(H2,20,23). The molecule has 0 radical (unpaired) electrons. The van der Waals surface area contributed by atoms with Gasteiger partial charge < -0.3 is 10.6 Å². The topological polar surface area (TPSA) is 91.7 Å². The Labute approximate surface area is 149 Å². The predicted octanol–water partition coefficient (Wildman–Crippen LogP) is 3.32. The van der Waals surface area contributed by atoms with Gasteiger partial charge in [-0.2, -0.15) is 5.26 Å². The second kappa shape index (κ2) is 6.49. The van der Waals surface area contributed by atoms with Crippen molar-refractivity contribution in [3.8, 4) is 28.2 Å². The molecule has 0 aliphatic carbocycles. The van der Waals surface area contributed by atoms with Crippen molar-refractivity contribution in [3.05, 3.63) is 41.5 Å². The fourth-order valence-electron chi connectivity index (χ4n) is 3.05. The molecule has 1 aliphatic rings. The average molecular weight is 348 g/mol. The molecule has 0 amide bonds. The van der Waals surface area contributed by atoms with Gasteiger partial charge in [0, 0.05) is 36.6 Å². The van der Waals surface area contributed by atoms with E-state index in [2.05, 4.69) is 25.9 Å². The maximum absolute atomic E-state index is 9.54. The van der Waals surface area contributed by atoms with Gasteiger partial charge in [0.2, 0.25) is 0 Å². The summed E-state index contributed by atoms with van der Waals surface area (Å²) in [5.41, 5.74) is 9.79. The first kappa shape index (κ1) is 15.5. The van der Waals surface area contributed by atoms with Crippen molar-refractivity contribution in [1.82, 2.24) is 15.0 Å². The molecule has 4 heterocycles. The lowest BCUT2D eigenvalue weighted by molar-refractivity contribution is 0.949. The van der Waals surface area contributed by atoms with Crippen LogP contribution in [-0.2, 0) is 0 Å². The smallest absolute Gasteiger partial charge is 0.141 e. The third-order valence-electron chi connectivity index (χ3n) is 4.27. The molecular formula is C18H16N6S. The molecular weight excluding hydrogens is 332 g/mol. The Morgan fingerprint density at radius 1 is 1.12 bits per heavy atom. The Bertz CT molecular complexity index is 939. The highest BCUT2D eigenvalue weighted by atomic mass is 32.1. The number of hydrogen-bond acceptors (Lipinski definition) is 7. The number of rotatable bonds is 3. The Morgan fingerprint density at radius 2 is 1.96 bits per heavy atom. The van der Waals surface area contributed by atoms with E-state index in [1.165, 1.54) is 24.2 Å². The van der Waals surface area contributed by atoms with Crippen LogP contribution in [0.5, 0.6) is 0 Å². The average Bonchev–Trinajstić information content (AvgIpc) is 3.35. The van der Waals surface area contributed by atoms with Crippen molar-refractivity contribution < 1.29 is 0 Å². The van der Waals surface area contributed by atoms with Crippen LogP contribution in [0.4, 0.5) is 11.4 Å². The number of nitrogens with two attached hydrogens (primary N) is 1. The van der Waals surface area contributed by atoms with Gasteiger partial charge in [-0.05, 0) is 31.0 Å². The van der Waals surface area contributed by atoms with E-state index >= 15 is 0 Å². The summed E-state index contributed by atoms with van der Waals surface area (Å²) in [7, 11) is 0. The molecule has 0 bridgehead atoms. The molecule has 25 heavy (non-hydrogen) atoms. The molecule has 3 aromatic rings. The fourth-order valence-corrected chi connectivity index (χ4v) is 3.65. The first-order chi connectivity index (χ1) is 12.3. The molecule has 6 nitrogen and oxygen atoms in total. The highest BCUT2D eigenvalue weighted by Gasteiger charge is 2.18. The molecule has 2 N–H and O–H groups in total. The summed E-state index contributed by atoms with van der Waals surface area (Å²) >= 11 is 1.48. The van der Waals surface area contributed by atoms with E-state index in [1.807, 2.05) is 17.5 Å². The van der Waals surface area contributed by atoms with E-state index in [9.17, 15) is 5.26 Å². The molecule has 0 saturated carbocycles. The van der Waals surface area contributed by atoms with Crippen LogP contribution in [0.3, 0.4) is 0 Å². The van der Waals surface area contributed by atoms with E-state index in [0.29, 0.717) is 28.3 Å². The first-order valence-corrected chi connectivity index (χ1v) is 8.96. The fraction of sp³-hybridized carbons (Fsp3) is 0.222. The van der Waals surface area contributed by atoms with Gasteiger partial charge in [-0.3, -0.25) is 4.98 Å². The molecule has 7 heteroatoms. The van der Waals surface area contributed by atoms with Crippen LogP contribution in [0.1, 0.15) is 18.4 Å². The van der Waals surface area contributed by atoms with Gasteiger partial charge in [0.25, 0.3) is 0 Å². The normalized spacial score (nSPS) is 13.8. The van der Waals surface area contributed by atoms with E-state index < -0.39 is 0 Å². The third kappa shape index (κ3) is 2.92. The molecule has 4 rings (SSSR count). The molecule has 3 aromatic heterocycles. The molecule has 0 aromatic carbocycles. The van der Waals surface area contributed by atoms with Crippen LogP contribution >= 0.6 is 11.3 Å². The van der Waals surface area contributed by atoms with Crippen molar-refractivity contribution in [2.24, 2.45) is 0 Å². The van der Waals surface area contributed by atoms with Gasteiger partial charge in [-0.1, -0.05) is 0 Å². The van der Waals surface area contributed by atoms with Crippen molar-refractivity contribution in [2.45, 2.75) is 12.8 Å². The van der Waals surface area contributed by atoms with Gasteiger partial charge in [0.1, 0.15) is 28.0 Å². The molecule has 1 saturated heterocycles. The number of anilines is 2. The SMILES string of the molecule is N#Cc1c(N)cc(-c2nccs2)nc1-c1cc(N2CCCC2)ccn1. The summed E-state index contributed by atoms with van der Waals surface area (Å²) in [4.78, 5) is 15.7. The highest BCUT2D eigenvalue weighted by molar-refractivity contribution is 7.13. The summed E-state index contributed by atoms with van der Waals surface area (Å²) in [6.07, 6.45) is 5.89. The lowest BCUT2D eigenvalue weighted by Crippen LogP contribution is -2.17. The highest BCUT2D eigenvalue weighted by Crippen LogP contribution is 2.32. The Morgan fingerprint density at radius 3 is 2.68 bits per heavy atom. The van der Waals surface area contributed by atoms with Gasteiger partial charge in [-0.15, -0.1) is 11.3 Å². The monoisotopic (exact) mass is 348 g/mol. The lowest BCUT2D eigenvalue weighted by atomic mass is 10.1. The summed E-state index contributed by atoms with van der Waals surface area (Å²) in [6.45, 7) is 2.09. The summed E-state index contributed by atoms with van der Waals surface area (Å²) in [5.74, 6) is 0. The number of thiazole rings is 1. The van der Waals surface area contributed by atoms with Crippen LogP contribution in [-0.4, -0.2) is 28.0 Å². The van der Waals surface area contributed by atoms with Gasteiger partial charge >= 0.3 is 0 Å². The van der Waals surface area contributed by atoms with Crippen LogP contribution in [0, 0.1) is 11.3 Å². The zero-order valence-electron chi connectivity index (χ0n) is 13.5. The molecule has 0 spiro atoms. The number of nitrogens with zero attached hydrogens (tertiary/aromatic N) is 5. The van der Waals surface area contributed by atoms with E-state index in [0.717, 1.165) is 23.8 Å². The zero-order valence-corrected chi connectivity index (χ0v) is 14.3. The maximum atomic E-state index is 9.54. The van der Waals surface area contributed by atoms with Gasteiger partial charge in [0.15, 0.2) is 0 Å². The second-order valence-corrected chi connectivity index (χ2v) is 6.76. The van der Waals surface area contributed by atoms with Crippen LogP contribution < -0.4 is 10.6 Å². The van der Waals surface area contributed by atoms with Crippen molar-refractivity contribution in [1.29, 1.82) is 5.26 Å². The summed E-state index contributed by atoms with van der Waals surface area (Å²) in [6, 6.07) is 7.85. The lowest BCUT2D eigenvalue weighted by Gasteiger charge is -2.18. The Hall–Kier alpha value is -2.98. The summed E-state index contributed by atoms with van der Waals surface area (Å²) < 4.78 is 0. The van der Waals surface area contributed by atoms with Gasteiger partial charge in [-0.25, -0.2) is 9.97 Å². The number of aromatic nitrogens is 3. The Kier molecular flexibility index (Phi) is 4.04. The minimum Gasteiger partial charge on any atom is -0.398 e. The second-order valence-electron chi connectivity index (χ2n) is 5.86. The number of nitriles is 1. The minimum absolute atomic E-state index is 0.353. The molecule has 124 valence electrons. The van der Waals surface area contributed by atoms with Crippen LogP contribution in [0.2, 0.25) is 0 Å². The van der Waals surface area contributed by atoms with Crippen LogP contribution in [0.15, 0.2) is 36.0 Å². The number of hydrogen-bond donors (Lipinski definition) is 1. The molecule has 1 aliphatic heterocycles. The Balaban J connectivity index is 1.84. The summed E-state index contributed by atoms with van der Waals surface area (Å²) in [5, 5.41) is 12.2. The predicted molar refractivity (Wildman–Crippen MR) is 99.2 cm³/mol. The van der Waals surface area contributed by atoms with E-state index in [1.54, 1.807) is 18.5 Å². The molecule has 1 fully saturated rings. The maximum Gasteiger partial charge on any atom is 0.141 e. The molecule has 0 atom stereocenters. The van der Waals surface area contributed by atoms with E-state index in [4.69, 9.17) is 5.73 Å². The zero-order chi connectivity index (χ0) is 17.2. The third-order valence-corrected chi connectivity index (χ3v) is 5.07. The van der Waals surface area contributed by atoms with E-state index in [-0.39, 0.29) is 0 Å². The van der Waals surface area contributed by atoms with Crippen molar-refractivity contribution >= 4 is 22.7 Å². The number of pyridine rings is 2. The van der Waals surface area contributed by atoms with Crippen molar-refractivity contribution in [2.75, 3.05) is 23.7 Å². The quantitative estimate of drug-likeness (QED) is 0.780. The largest absolute Gasteiger partial charge is 0.398 e. The number of nitrogen functional groups attached to an aromatic ring is 1. The van der Waals surface area contributed by atoms with Gasteiger partial charge in [0.05, 0.1) is 11.4 Å². The van der Waals surface area contributed by atoms with Crippen molar-refractivity contribution in [3.63, 3.8) is 0 Å².